The van der Waals surface area contributed by atoms with Crippen molar-refractivity contribution < 1.29 is 8.42 Å². The minimum Gasteiger partial charge on any atom is -0.388 e. The van der Waals surface area contributed by atoms with Crippen LogP contribution in [-0.2, 0) is 10.0 Å². The highest BCUT2D eigenvalue weighted by molar-refractivity contribution is 7.89. The van der Waals surface area contributed by atoms with E-state index < -0.39 is 10.0 Å². The number of benzene rings is 1. The van der Waals surface area contributed by atoms with E-state index in [9.17, 15) is 8.42 Å². The Hall–Kier alpha value is -1.11. The summed E-state index contributed by atoms with van der Waals surface area (Å²) in [4.78, 5) is 2.48. The van der Waals surface area contributed by atoms with Gasteiger partial charge in [0, 0.05) is 26.3 Å². The Labute approximate surface area is 129 Å². The summed E-state index contributed by atoms with van der Waals surface area (Å²) in [6.07, 6.45) is 0.815. The molecular weight excluding hydrogens is 286 g/mol. The third kappa shape index (κ3) is 4.43. The van der Waals surface area contributed by atoms with Gasteiger partial charge in [-0.05, 0) is 64.2 Å². The molecule has 6 heteroatoms. The molecule has 0 heterocycles. The average Bonchev–Trinajstić information content (AvgIpc) is 2.36. The van der Waals surface area contributed by atoms with Crippen LogP contribution < -0.4 is 5.32 Å². The van der Waals surface area contributed by atoms with Gasteiger partial charge in [0.25, 0.3) is 0 Å². The topological polar surface area (TPSA) is 52.7 Å². The summed E-state index contributed by atoms with van der Waals surface area (Å²) < 4.78 is 26.9. The van der Waals surface area contributed by atoms with E-state index in [0.717, 1.165) is 29.8 Å². The van der Waals surface area contributed by atoms with E-state index in [0.29, 0.717) is 11.4 Å². The van der Waals surface area contributed by atoms with Crippen LogP contribution in [0.1, 0.15) is 17.5 Å². The van der Waals surface area contributed by atoms with Gasteiger partial charge in [0.15, 0.2) is 0 Å². The van der Waals surface area contributed by atoms with Crippen LogP contribution in [0.15, 0.2) is 17.0 Å². The summed E-state index contributed by atoms with van der Waals surface area (Å²) in [7, 11) is 4.01. The quantitative estimate of drug-likeness (QED) is 0.835. The van der Waals surface area contributed by atoms with Crippen LogP contribution in [0.2, 0.25) is 0 Å². The molecule has 21 heavy (non-hydrogen) atoms. The van der Waals surface area contributed by atoms with Gasteiger partial charge in [0.05, 0.1) is 4.90 Å². The average molecular weight is 313 g/mol. The summed E-state index contributed by atoms with van der Waals surface area (Å²) in [6.45, 7) is 5.08. The molecule has 0 aromatic heterocycles. The van der Waals surface area contributed by atoms with Gasteiger partial charge in [-0.1, -0.05) is 0 Å². The van der Waals surface area contributed by atoms with E-state index >= 15 is 0 Å². The summed E-state index contributed by atoms with van der Waals surface area (Å²) in [5.74, 6) is 0. The Balaban J connectivity index is 3.02. The standard InChI is InChI=1S/C15H27N3O2S/c1-12-10-14(16-3)11-13(2)15(12)21(19,20)18(6)9-7-8-17(4)5/h10-11,16H,7-9H2,1-6H3. The molecule has 120 valence electrons. The second-order valence-corrected chi connectivity index (χ2v) is 7.65. The van der Waals surface area contributed by atoms with Crippen LogP contribution in [0.4, 0.5) is 5.69 Å². The zero-order valence-corrected chi connectivity index (χ0v) is 14.7. The van der Waals surface area contributed by atoms with E-state index in [1.54, 1.807) is 7.05 Å². The lowest BCUT2D eigenvalue weighted by Gasteiger charge is -2.21. The van der Waals surface area contributed by atoms with Crippen LogP contribution in [-0.4, -0.2) is 58.9 Å². The lowest BCUT2D eigenvalue weighted by Crippen LogP contribution is -2.30. The predicted molar refractivity (Wildman–Crippen MR) is 88.4 cm³/mol. The van der Waals surface area contributed by atoms with Crippen molar-refractivity contribution in [3.63, 3.8) is 0 Å². The lowest BCUT2D eigenvalue weighted by atomic mass is 10.1. The number of nitrogens with zero attached hydrogens (tertiary/aromatic N) is 2. The van der Waals surface area contributed by atoms with Crippen LogP contribution in [0.5, 0.6) is 0 Å². The van der Waals surface area contributed by atoms with Gasteiger partial charge in [-0.3, -0.25) is 0 Å². The summed E-state index contributed by atoms with van der Waals surface area (Å²) >= 11 is 0. The fourth-order valence-electron chi connectivity index (χ4n) is 2.39. The fraction of sp³-hybridized carbons (Fsp3) is 0.600. The van der Waals surface area contributed by atoms with E-state index in [2.05, 4.69) is 10.2 Å². The lowest BCUT2D eigenvalue weighted by molar-refractivity contribution is 0.370. The molecule has 0 fully saturated rings. The zero-order valence-electron chi connectivity index (χ0n) is 13.9. The molecule has 0 bridgehead atoms. The monoisotopic (exact) mass is 313 g/mol. The molecule has 0 saturated carbocycles. The maximum absolute atomic E-state index is 12.7. The highest BCUT2D eigenvalue weighted by atomic mass is 32.2. The molecule has 0 aliphatic rings. The van der Waals surface area contributed by atoms with E-state index in [1.165, 1.54) is 4.31 Å². The SMILES string of the molecule is CNc1cc(C)c(S(=O)(=O)N(C)CCCN(C)C)c(C)c1. The Morgan fingerprint density at radius 1 is 1.05 bits per heavy atom. The number of rotatable bonds is 7. The van der Waals surface area contributed by atoms with Crippen molar-refractivity contribution in [3.05, 3.63) is 23.3 Å². The number of aryl methyl sites for hydroxylation is 2. The Morgan fingerprint density at radius 2 is 1.57 bits per heavy atom. The molecule has 0 amide bonds. The minimum atomic E-state index is -3.44. The molecule has 1 aromatic carbocycles. The second kappa shape index (κ2) is 7.24. The van der Waals surface area contributed by atoms with Crippen LogP contribution in [0.25, 0.3) is 0 Å². The Bertz CT molecular complexity index is 560. The van der Waals surface area contributed by atoms with Gasteiger partial charge in [-0.25, -0.2) is 12.7 Å². The third-order valence-electron chi connectivity index (χ3n) is 3.50. The Kier molecular flexibility index (Phi) is 6.19. The maximum Gasteiger partial charge on any atom is 0.243 e. The number of nitrogens with one attached hydrogen (secondary N) is 1. The summed E-state index contributed by atoms with van der Waals surface area (Å²) in [5.41, 5.74) is 2.48. The summed E-state index contributed by atoms with van der Waals surface area (Å²) in [6, 6.07) is 3.74. The molecule has 0 atom stereocenters. The number of sulfonamides is 1. The first kappa shape index (κ1) is 17.9. The third-order valence-corrected chi connectivity index (χ3v) is 5.66. The second-order valence-electron chi connectivity index (χ2n) is 5.67. The largest absolute Gasteiger partial charge is 0.388 e. The fourth-order valence-corrected chi connectivity index (χ4v) is 4.00. The van der Waals surface area contributed by atoms with E-state index in [4.69, 9.17) is 0 Å². The highest BCUT2D eigenvalue weighted by Gasteiger charge is 2.24. The first-order valence-electron chi connectivity index (χ1n) is 7.10. The molecule has 0 aliphatic heterocycles. The van der Waals surface area contributed by atoms with Crippen molar-refractivity contribution in [2.24, 2.45) is 0 Å². The first-order chi connectivity index (χ1) is 9.70. The molecule has 0 radical (unpaired) electrons. The van der Waals surface area contributed by atoms with Gasteiger partial charge >= 0.3 is 0 Å². The van der Waals surface area contributed by atoms with Crippen molar-refractivity contribution >= 4 is 15.7 Å². The highest BCUT2D eigenvalue weighted by Crippen LogP contribution is 2.26. The number of anilines is 1. The predicted octanol–water partition coefficient (Wildman–Crippen LogP) is 1.92. The Morgan fingerprint density at radius 3 is 2.00 bits per heavy atom. The van der Waals surface area contributed by atoms with Gasteiger partial charge < -0.3 is 10.2 Å². The van der Waals surface area contributed by atoms with Crippen molar-refractivity contribution in [1.82, 2.24) is 9.21 Å². The first-order valence-corrected chi connectivity index (χ1v) is 8.54. The van der Waals surface area contributed by atoms with Gasteiger partial charge in [0.2, 0.25) is 10.0 Å². The van der Waals surface area contributed by atoms with Gasteiger partial charge in [-0.2, -0.15) is 0 Å². The molecule has 1 rings (SSSR count). The van der Waals surface area contributed by atoms with E-state index in [1.807, 2.05) is 47.1 Å². The molecule has 0 saturated heterocycles. The van der Waals surface area contributed by atoms with Crippen LogP contribution >= 0.6 is 0 Å². The van der Waals surface area contributed by atoms with Crippen molar-refractivity contribution in [1.29, 1.82) is 0 Å². The number of hydrogen-bond acceptors (Lipinski definition) is 4. The maximum atomic E-state index is 12.7. The van der Waals surface area contributed by atoms with Gasteiger partial charge in [-0.15, -0.1) is 0 Å². The smallest absolute Gasteiger partial charge is 0.243 e. The molecule has 1 aromatic rings. The van der Waals surface area contributed by atoms with Crippen molar-refractivity contribution in [3.8, 4) is 0 Å². The van der Waals surface area contributed by atoms with Crippen LogP contribution in [0, 0.1) is 13.8 Å². The molecular formula is C15H27N3O2S. The molecule has 0 spiro atoms. The normalized spacial score (nSPS) is 12.2. The molecule has 0 aliphatic carbocycles. The minimum absolute atomic E-state index is 0.425. The summed E-state index contributed by atoms with van der Waals surface area (Å²) in [5, 5.41) is 3.05. The van der Waals surface area contributed by atoms with Gasteiger partial charge in [0.1, 0.15) is 0 Å². The molecule has 1 N–H and O–H groups in total. The van der Waals surface area contributed by atoms with Crippen LogP contribution in [0.3, 0.4) is 0 Å². The van der Waals surface area contributed by atoms with Crippen molar-refractivity contribution in [2.75, 3.05) is 46.6 Å². The molecule has 0 unspecified atom stereocenters. The zero-order chi connectivity index (χ0) is 16.2. The number of hydrogen-bond donors (Lipinski definition) is 1. The molecule has 5 nitrogen and oxygen atoms in total. The van der Waals surface area contributed by atoms with E-state index in [-0.39, 0.29) is 0 Å². The van der Waals surface area contributed by atoms with Crippen molar-refractivity contribution in [2.45, 2.75) is 25.2 Å².